The summed E-state index contributed by atoms with van der Waals surface area (Å²) in [4.78, 5) is 28.6. The quantitative estimate of drug-likeness (QED) is 0.684. The van der Waals surface area contributed by atoms with Gasteiger partial charge in [-0.25, -0.2) is 4.79 Å². The highest BCUT2D eigenvalue weighted by Gasteiger charge is 2.18. The predicted molar refractivity (Wildman–Crippen MR) is 80.8 cm³/mol. The molecule has 1 aliphatic heterocycles. The molecule has 1 aromatic heterocycles. The molecule has 7 heteroatoms. The van der Waals surface area contributed by atoms with E-state index in [1.54, 1.807) is 12.1 Å². The highest BCUT2D eigenvalue weighted by Crippen LogP contribution is 2.27. The van der Waals surface area contributed by atoms with E-state index in [-0.39, 0.29) is 11.6 Å². The summed E-state index contributed by atoms with van der Waals surface area (Å²) in [6.45, 7) is 1.89. The van der Waals surface area contributed by atoms with E-state index in [0.29, 0.717) is 29.1 Å². The molecule has 4 N–H and O–H groups in total. The molecule has 0 saturated carbocycles. The van der Waals surface area contributed by atoms with E-state index in [0.717, 1.165) is 24.0 Å². The molecule has 0 aliphatic carbocycles. The van der Waals surface area contributed by atoms with Crippen molar-refractivity contribution in [2.24, 2.45) is 5.92 Å². The SMILES string of the molecule is O=C(CC1CCNC1)Nc1cc2[nH]c(=O)[nH]c2cc1Br. The van der Waals surface area contributed by atoms with Crippen LogP contribution in [-0.4, -0.2) is 29.0 Å². The molecule has 1 aliphatic rings. The standard InChI is InChI=1S/C13H15BrN4O2/c14-8-4-10-11(18-13(20)17-10)5-9(8)16-12(19)3-7-1-2-15-6-7/h4-5,7,15H,1-3,6H2,(H,16,19)(H2,17,18,20). The molecule has 0 radical (unpaired) electrons. The molecule has 1 aromatic carbocycles. The van der Waals surface area contributed by atoms with Crippen molar-refractivity contribution in [3.63, 3.8) is 0 Å². The average molecular weight is 339 g/mol. The van der Waals surface area contributed by atoms with Crippen LogP contribution in [0.1, 0.15) is 12.8 Å². The van der Waals surface area contributed by atoms with E-state index in [4.69, 9.17) is 0 Å². The Morgan fingerprint density at radius 3 is 2.80 bits per heavy atom. The van der Waals surface area contributed by atoms with E-state index >= 15 is 0 Å². The normalized spacial score (nSPS) is 18.6. The Morgan fingerprint density at radius 1 is 1.35 bits per heavy atom. The number of fused-ring (bicyclic) bond motifs is 1. The summed E-state index contributed by atoms with van der Waals surface area (Å²) in [5.74, 6) is 0.404. The summed E-state index contributed by atoms with van der Waals surface area (Å²) < 4.78 is 0.748. The molecule has 1 saturated heterocycles. The molecule has 106 valence electrons. The zero-order valence-corrected chi connectivity index (χ0v) is 12.3. The second-order valence-electron chi connectivity index (χ2n) is 5.07. The third-order valence-electron chi connectivity index (χ3n) is 3.51. The number of carbonyl (C=O) groups is 1. The largest absolute Gasteiger partial charge is 0.325 e. The molecule has 2 aromatic rings. The van der Waals surface area contributed by atoms with Crippen LogP contribution in [0.3, 0.4) is 0 Å². The van der Waals surface area contributed by atoms with Crippen LogP contribution in [0.4, 0.5) is 5.69 Å². The van der Waals surface area contributed by atoms with Crippen molar-refractivity contribution in [1.82, 2.24) is 15.3 Å². The first-order valence-corrected chi connectivity index (χ1v) is 7.33. The highest BCUT2D eigenvalue weighted by atomic mass is 79.9. The second-order valence-corrected chi connectivity index (χ2v) is 5.92. The van der Waals surface area contributed by atoms with Gasteiger partial charge in [-0.3, -0.25) is 4.79 Å². The number of benzene rings is 1. The Labute approximate surface area is 123 Å². The molecule has 0 bridgehead atoms. The minimum Gasteiger partial charge on any atom is -0.325 e. The highest BCUT2D eigenvalue weighted by molar-refractivity contribution is 9.10. The third kappa shape index (κ3) is 2.78. The van der Waals surface area contributed by atoms with Gasteiger partial charge in [-0.2, -0.15) is 0 Å². The lowest BCUT2D eigenvalue weighted by Crippen LogP contribution is -2.18. The monoisotopic (exact) mass is 338 g/mol. The first-order chi connectivity index (χ1) is 9.61. The molecule has 20 heavy (non-hydrogen) atoms. The number of nitrogens with one attached hydrogen (secondary N) is 4. The van der Waals surface area contributed by atoms with Gasteiger partial charge in [-0.15, -0.1) is 0 Å². The fourth-order valence-corrected chi connectivity index (χ4v) is 2.95. The van der Waals surface area contributed by atoms with Gasteiger partial charge in [-0.05, 0) is 53.5 Å². The number of amides is 1. The van der Waals surface area contributed by atoms with Crippen LogP contribution < -0.4 is 16.3 Å². The van der Waals surface area contributed by atoms with Crippen molar-refractivity contribution in [2.45, 2.75) is 12.8 Å². The molecular formula is C13H15BrN4O2. The van der Waals surface area contributed by atoms with Crippen LogP contribution >= 0.6 is 15.9 Å². The van der Waals surface area contributed by atoms with E-state index in [2.05, 4.69) is 36.5 Å². The van der Waals surface area contributed by atoms with E-state index < -0.39 is 0 Å². The summed E-state index contributed by atoms with van der Waals surface area (Å²) >= 11 is 3.40. The van der Waals surface area contributed by atoms with Crippen molar-refractivity contribution in [2.75, 3.05) is 18.4 Å². The number of carbonyl (C=O) groups excluding carboxylic acids is 1. The van der Waals surface area contributed by atoms with Crippen molar-refractivity contribution in [3.05, 3.63) is 27.1 Å². The maximum Gasteiger partial charge on any atom is 0.323 e. The molecule has 1 fully saturated rings. The van der Waals surface area contributed by atoms with Gasteiger partial charge < -0.3 is 20.6 Å². The molecule has 6 nitrogen and oxygen atoms in total. The van der Waals surface area contributed by atoms with Gasteiger partial charge in [0.25, 0.3) is 0 Å². The summed E-state index contributed by atoms with van der Waals surface area (Å²) in [7, 11) is 0. The van der Waals surface area contributed by atoms with Crippen LogP contribution in [0.15, 0.2) is 21.4 Å². The fraction of sp³-hybridized carbons (Fsp3) is 0.385. The van der Waals surface area contributed by atoms with Crippen LogP contribution in [0.25, 0.3) is 11.0 Å². The number of rotatable bonds is 3. The summed E-state index contributed by atoms with van der Waals surface area (Å²) in [5, 5.41) is 6.14. The lowest BCUT2D eigenvalue weighted by Gasteiger charge is -2.10. The van der Waals surface area contributed by atoms with Crippen molar-refractivity contribution < 1.29 is 4.79 Å². The van der Waals surface area contributed by atoms with Crippen LogP contribution in [0.5, 0.6) is 0 Å². The predicted octanol–water partition coefficient (Wildman–Crippen LogP) is 1.56. The summed E-state index contributed by atoms with van der Waals surface area (Å²) in [5.41, 5.74) is 1.80. The molecule has 1 atom stereocenters. The van der Waals surface area contributed by atoms with Crippen LogP contribution in [0, 0.1) is 5.92 Å². The van der Waals surface area contributed by atoms with Crippen molar-refractivity contribution >= 4 is 38.6 Å². The van der Waals surface area contributed by atoms with Crippen LogP contribution in [0.2, 0.25) is 0 Å². The number of hydrogen-bond donors (Lipinski definition) is 4. The molecule has 0 spiro atoms. The third-order valence-corrected chi connectivity index (χ3v) is 4.17. The molecule has 2 heterocycles. The lowest BCUT2D eigenvalue weighted by molar-refractivity contribution is -0.116. The average Bonchev–Trinajstić information content (AvgIpc) is 2.98. The second kappa shape index (κ2) is 5.41. The number of aromatic nitrogens is 2. The first-order valence-electron chi connectivity index (χ1n) is 6.54. The van der Waals surface area contributed by atoms with Gasteiger partial charge in [0.05, 0.1) is 16.7 Å². The van der Waals surface area contributed by atoms with Gasteiger partial charge in [0.2, 0.25) is 5.91 Å². The Kier molecular flexibility index (Phi) is 3.62. The molecule has 1 unspecified atom stereocenters. The van der Waals surface area contributed by atoms with E-state index in [1.165, 1.54) is 0 Å². The number of imidazole rings is 1. The molecule has 1 amide bonds. The van der Waals surface area contributed by atoms with Gasteiger partial charge in [0, 0.05) is 10.9 Å². The number of aromatic amines is 2. The number of anilines is 1. The Bertz CT molecular complexity index is 700. The Balaban J connectivity index is 1.77. The van der Waals surface area contributed by atoms with Gasteiger partial charge in [0.15, 0.2) is 0 Å². The minimum absolute atomic E-state index is 0.00312. The maximum atomic E-state index is 12.0. The number of hydrogen-bond acceptors (Lipinski definition) is 3. The minimum atomic E-state index is -0.257. The Hall–Kier alpha value is -1.60. The Morgan fingerprint density at radius 2 is 2.10 bits per heavy atom. The number of H-pyrrole nitrogens is 2. The van der Waals surface area contributed by atoms with Gasteiger partial charge in [-0.1, -0.05) is 0 Å². The van der Waals surface area contributed by atoms with E-state index in [9.17, 15) is 9.59 Å². The summed E-state index contributed by atoms with van der Waals surface area (Å²) in [6.07, 6.45) is 1.56. The first kappa shape index (κ1) is 13.4. The van der Waals surface area contributed by atoms with Gasteiger partial charge in [0.1, 0.15) is 0 Å². The number of halogens is 1. The van der Waals surface area contributed by atoms with Crippen molar-refractivity contribution in [3.8, 4) is 0 Å². The van der Waals surface area contributed by atoms with Crippen molar-refractivity contribution in [1.29, 1.82) is 0 Å². The smallest absolute Gasteiger partial charge is 0.323 e. The van der Waals surface area contributed by atoms with Crippen LogP contribution in [-0.2, 0) is 4.79 Å². The topological polar surface area (TPSA) is 89.8 Å². The zero-order chi connectivity index (χ0) is 14.1. The van der Waals surface area contributed by atoms with Gasteiger partial charge >= 0.3 is 5.69 Å². The maximum absolute atomic E-state index is 12.0. The fourth-order valence-electron chi connectivity index (χ4n) is 2.50. The molecular weight excluding hydrogens is 324 g/mol. The van der Waals surface area contributed by atoms with E-state index in [1.807, 2.05) is 0 Å². The molecule has 3 rings (SSSR count). The lowest BCUT2D eigenvalue weighted by atomic mass is 10.0. The zero-order valence-electron chi connectivity index (χ0n) is 10.8. The summed E-state index contributed by atoms with van der Waals surface area (Å²) in [6, 6.07) is 3.53.